The van der Waals surface area contributed by atoms with Gasteiger partial charge in [0, 0.05) is 13.1 Å². The first-order valence-corrected chi connectivity index (χ1v) is 7.04. The summed E-state index contributed by atoms with van der Waals surface area (Å²) in [5.74, 6) is 2.42. The van der Waals surface area contributed by atoms with E-state index in [-0.39, 0.29) is 0 Å². The van der Waals surface area contributed by atoms with Crippen LogP contribution in [0.1, 0.15) is 25.7 Å². The predicted molar refractivity (Wildman–Crippen MR) is 75.6 cm³/mol. The number of hydrogen-bond donors (Lipinski definition) is 0. The third kappa shape index (κ3) is 14.0. The highest BCUT2D eigenvalue weighted by Crippen LogP contribution is 2.07. The van der Waals surface area contributed by atoms with Crippen LogP contribution in [0, 0.1) is 0 Å². The zero-order chi connectivity index (χ0) is 11.2. The Kier molecular flexibility index (Phi) is 13.9. The molecule has 2 nitrogen and oxygen atoms in total. The Morgan fingerprint density at radius 1 is 0.800 bits per heavy atom. The van der Waals surface area contributed by atoms with Crippen LogP contribution in [0.4, 0.5) is 0 Å². The van der Waals surface area contributed by atoms with Crippen molar-refractivity contribution in [3.63, 3.8) is 0 Å². The van der Waals surface area contributed by atoms with E-state index in [2.05, 4.69) is 44.7 Å². The van der Waals surface area contributed by atoms with Gasteiger partial charge in [-0.3, -0.25) is 0 Å². The second kappa shape index (κ2) is 13.9. The van der Waals surface area contributed by atoms with Gasteiger partial charge in [0.15, 0.2) is 0 Å². The molecule has 0 unspecified atom stereocenters. The molecule has 0 fully saturated rings. The van der Waals surface area contributed by atoms with Crippen molar-refractivity contribution in [3.05, 3.63) is 0 Å². The molecular formula is C10H16N2S3. The van der Waals surface area contributed by atoms with Crippen molar-refractivity contribution in [2.24, 2.45) is 9.98 Å². The molecule has 0 rings (SSSR count). The second-order valence-electron chi connectivity index (χ2n) is 2.97. The van der Waals surface area contributed by atoms with Gasteiger partial charge < -0.3 is 0 Å². The number of thiocarbonyl (C=S) groups is 2. The monoisotopic (exact) mass is 260 g/mol. The molecule has 0 bridgehead atoms. The number of nitrogens with zero attached hydrogens (tertiary/aromatic N) is 2. The zero-order valence-electron chi connectivity index (χ0n) is 8.78. The molecule has 0 aromatic heterocycles. The molecule has 0 saturated heterocycles. The van der Waals surface area contributed by atoms with Gasteiger partial charge in [0.1, 0.15) is 0 Å². The maximum atomic E-state index is 4.48. The van der Waals surface area contributed by atoms with Crippen LogP contribution in [0.5, 0.6) is 0 Å². The molecule has 0 aliphatic heterocycles. The van der Waals surface area contributed by atoms with Gasteiger partial charge in [0.2, 0.25) is 0 Å². The summed E-state index contributed by atoms with van der Waals surface area (Å²) < 4.78 is 0. The van der Waals surface area contributed by atoms with Crippen molar-refractivity contribution < 1.29 is 0 Å². The van der Waals surface area contributed by atoms with Gasteiger partial charge in [-0.15, -0.1) is 0 Å². The Hall–Kier alpha value is -0.0500. The predicted octanol–water partition coefficient (Wildman–Crippen LogP) is 3.49. The Morgan fingerprint density at radius 2 is 1.27 bits per heavy atom. The maximum Gasteiger partial charge on any atom is 0.0584 e. The van der Waals surface area contributed by atoms with Crippen LogP contribution in [-0.2, 0) is 0 Å². The molecule has 0 spiro atoms. The topological polar surface area (TPSA) is 24.7 Å². The first-order valence-electron chi connectivity index (χ1n) is 5.07. The lowest BCUT2D eigenvalue weighted by Crippen LogP contribution is -1.88. The van der Waals surface area contributed by atoms with E-state index in [9.17, 15) is 0 Å². The Bertz CT molecular complexity index is 207. The number of thioether (sulfide) groups is 1. The molecule has 0 radical (unpaired) electrons. The quantitative estimate of drug-likeness (QED) is 0.341. The van der Waals surface area contributed by atoms with Crippen molar-refractivity contribution in [2.75, 3.05) is 24.6 Å². The molecule has 0 heterocycles. The fourth-order valence-electron chi connectivity index (χ4n) is 0.983. The molecule has 0 N–H and O–H groups in total. The molecule has 0 aliphatic carbocycles. The fraction of sp³-hybridized carbons (Fsp3) is 0.800. The molecule has 0 saturated carbocycles. The molecule has 15 heavy (non-hydrogen) atoms. The number of rotatable bonds is 10. The first kappa shape index (κ1) is 14.9. The highest BCUT2D eigenvalue weighted by Gasteiger charge is 1.90. The van der Waals surface area contributed by atoms with Crippen LogP contribution < -0.4 is 0 Å². The Morgan fingerprint density at radius 3 is 1.67 bits per heavy atom. The van der Waals surface area contributed by atoms with Crippen LogP contribution in [0.2, 0.25) is 0 Å². The lowest BCUT2D eigenvalue weighted by atomic mass is 10.3. The average Bonchev–Trinajstić information content (AvgIpc) is 2.26. The highest BCUT2D eigenvalue weighted by molar-refractivity contribution is 7.99. The summed E-state index contributed by atoms with van der Waals surface area (Å²) in [4.78, 5) is 7.73. The third-order valence-corrected chi connectivity index (χ3v) is 3.16. The average molecular weight is 260 g/mol. The standard InChI is InChI=1S/C10H16N2S3/c13-9-11-5-1-3-7-15-8-4-2-6-12-10-14/h1-8H2. The fourth-order valence-corrected chi connectivity index (χ4v) is 2.19. The van der Waals surface area contributed by atoms with E-state index in [1.807, 2.05) is 11.8 Å². The molecule has 84 valence electrons. The second-order valence-corrected chi connectivity index (χ2v) is 4.56. The summed E-state index contributed by atoms with van der Waals surface area (Å²) in [5, 5.41) is 4.75. The van der Waals surface area contributed by atoms with Crippen molar-refractivity contribution in [3.8, 4) is 0 Å². The SMILES string of the molecule is S=C=NCCCCSCCCCN=C=S. The third-order valence-electron chi connectivity index (χ3n) is 1.75. The van der Waals surface area contributed by atoms with Crippen molar-refractivity contribution in [2.45, 2.75) is 25.7 Å². The minimum atomic E-state index is 0.827. The highest BCUT2D eigenvalue weighted by atomic mass is 32.2. The summed E-state index contributed by atoms with van der Waals surface area (Å²) in [6, 6.07) is 0. The van der Waals surface area contributed by atoms with Crippen molar-refractivity contribution >= 4 is 46.5 Å². The molecular weight excluding hydrogens is 244 g/mol. The van der Waals surface area contributed by atoms with Crippen molar-refractivity contribution in [1.82, 2.24) is 0 Å². The molecule has 0 aromatic rings. The van der Waals surface area contributed by atoms with Crippen LogP contribution in [0.15, 0.2) is 9.98 Å². The molecule has 0 aliphatic rings. The van der Waals surface area contributed by atoms with Gasteiger partial charge >= 0.3 is 0 Å². The minimum absolute atomic E-state index is 0.827. The van der Waals surface area contributed by atoms with E-state index >= 15 is 0 Å². The number of isothiocyanates is 2. The van der Waals surface area contributed by atoms with Crippen LogP contribution in [0.25, 0.3) is 0 Å². The van der Waals surface area contributed by atoms with E-state index in [4.69, 9.17) is 0 Å². The molecule has 0 atom stereocenters. The normalized spacial score (nSPS) is 9.07. The number of unbranched alkanes of at least 4 members (excludes halogenated alkanes) is 2. The molecule has 0 aromatic carbocycles. The van der Waals surface area contributed by atoms with Crippen LogP contribution in [-0.4, -0.2) is 34.9 Å². The van der Waals surface area contributed by atoms with Gasteiger partial charge in [-0.25, -0.2) is 9.98 Å². The Balaban J connectivity index is 2.98. The minimum Gasteiger partial charge on any atom is -0.233 e. The number of aliphatic imine (C=N–C) groups is 2. The summed E-state index contributed by atoms with van der Waals surface area (Å²) in [7, 11) is 0. The van der Waals surface area contributed by atoms with Gasteiger partial charge in [0.05, 0.1) is 10.3 Å². The lowest BCUT2D eigenvalue weighted by molar-refractivity contribution is 0.807. The summed E-state index contributed by atoms with van der Waals surface area (Å²) in [6.07, 6.45) is 4.66. The van der Waals surface area contributed by atoms with E-state index in [0.717, 1.165) is 25.9 Å². The van der Waals surface area contributed by atoms with Crippen molar-refractivity contribution in [1.29, 1.82) is 0 Å². The summed E-state index contributed by atoms with van der Waals surface area (Å²) in [5.41, 5.74) is 0. The Labute approximate surface area is 107 Å². The summed E-state index contributed by atoms with van der Waals surface area (Å²) in [6.45, 7) is 1.65. The van der Waals surface area contributed by atoms with E-state index < -0.39 is 0 Å². The largest absolute Gasteiger partial charge is 0.233 e. The van der Waals surface area contributed by atoms with Gasteiger partial charge in [0.25, 0.3) is 0 Å². The lowest BCUT2D eigenvalue weighted by Gasteiger charge is -1.99. The van der Waals surface area contributed by atoms with E-state index in [1.54, 1.807) is 0 Å². The molecule has 0 amide bonds. The van der Waals surface area contributed by atoms with Gasteiger partial charge in [-0.1, -0.05) is 0 Å². The number of hydrogen-bond acceptors (Lipinski definition) is 5. The summed E-state index contributed by atoms with van der Waals surface area (Å²) >= 11 is 11.0. The van der Waals surface area contributed by atoms with Gasteiger partial charge in [-0.05, 0) is 61.6 Å². The zero-order valence-corrected chi connectivity index (χ0v) is 11.2. The van der Waals surface area contributed by atoms with Crippen LogP contribution in [0.3, 0.4) is 0 Å². The molecule has 5 heteroatoms. The first-order chi connectivity index (χ1) is 7.41. The van der Waals surface area contributed by atoms with E-state index in [0.29, 0.717) is 0 Å². The maximum absolute atomic E-state index is 4.48. The smallest absolute Gasteiger partial charge is 0.0584 e. The van der Waals surface area contributed by atoms with Crippen LogP contribution >= 0.6 is 36.2 Å². The van der Waals surface area contributed by atoms with Gasteiger partial charge in [-0.2, -0.15) is 11.8 Å². The van der Waals surface area contributed by atoms with E-state index in [1.165, 1.54) is 24.3 Å².